The predicted molar refractivity (Wildman–Crippen MR) is 83.2 cm³/mol. The third-order valence-corrected chi connectivity index (χ3v) is 3.95. The number of Topliss-reactive ketones (excluding diaryl/α,β-unsaturated/α-hetero) is 1. The molecule has 2 aliphatic heterocycles. The molecule has 22 heavy (non-hydrogen) atoms. The van der Waals surface area contributed by atoms with Crippen LogP contribution in [-0.2, 0) is 9.53 Å². The first-order chi connectivity index (χ1) is 10.4. The van der Waals surface area contributed by atoms with Gasteiger partial charge in [-0.15, -0.1) is 0 Å². The summed E-state index contributed by atoms with van der Waals surface area (Å²) in [5, 5.41) is 0. The number of piperidine rings is 1. The molecule has 5 heteroatoms. The van der Waals surface area contributed by atoms with Crippen molar-refractivity contribution in [2.24, 2.45) is 4.99 Å². The number of aliphatic imine (C=N–C) groups is 1. The number of likely N-dealkylation sites (tertiary alicyclic amines) is 1. The van der Waals surface area contributed by atoms with Crippen LogP contribution in [0, 0.1) is 0 Å². The third-order valence-electron chi connectivity index (χ3n) is 3.95. The summed E-state index contributed by atoms with van der Waals surface area (Å²) in [6.45, 7) is 5.66. The Balaban J connectivity index is 1.72. The number of hydrogen-bond donors (Lipinski definition) is 0. The van der Waals surface area contributed by atoms with E-state index < -0.39 is 0 Å². The molecule has 1 aromatic rings. The highest BCUT2D eigenvalue weighted by molar-refractivity contribution is 5.99. The number of carbonyl (C=O) groups is 2. The van der Waals surface area contributed by atoms with Gasteiger partial charge in [0.2, 0.25) is 5.90 Å². The Labute approximate surface area is 130 Å². The molecule has 116 valence electrons. The van der Waals surface area contributed by atoms with E-state index >= 15 is 0 Å². The average molecular weight is 300 g/mol. The van der Waals surface area contributed by atoms with E-state index in [1.807, 2.05) is 26.0 Å². The van der Waals surface area contributed by atoms with Gasteiger partial charge in [-0.1, -0.05) is 0 Å². The fraction of sp³-hybridized carbons (Fsp3) is 0.471. The van der Waals surface area contributed by atoms with E-state index in [1.54, 1.807) is 17.0 Å². The minimum absolute atomic E-state index is 0.0198. The molecule has 2 aliphatic rings. The second kappa shape index (κ2) is 5.55. The molecule has 0 aromatic heterocycles. The summed E-state index contributed by atoms with van der Waals surface area (Å²) < 4.78 is 5.60. The Hall–Kier alpha value is -2.17. The molecule has 1 fully saturated rings. The van der Waals surface area contributed by atoms with Crippen molar-refractivity contribution in [2.45, 2.75) is 32.2 Å². The van der Waals surface area contributed by atoms with Crippen LogP contribution in [0.1, 0.15) is 42.6 Å². The minimum atomic E-state index is -0.190. The van der Waals surface area contributed by atoms with E-state index in [2.05, 4.69) is 4.99 Å². The van der Waals surface area contributed by atoms with Crippen LogP contribution in [0.5, 0.6) is 0 Å². The normalized spacial score (nSPS) is 20.5. The molecule has 0 radical (unpaired) electrons. The number of amides is 1. The van der Waals surface area contributed by atoms with Crippen LogP contribution in [0.2, 0.25) is 0 Å². The maximum absolute atomic E-state index is 12.4. The topological polar surface area (TPSA) is 59.0 Å². The SMILES string of the molecule is CC1(C)COC(c2ccc(C(=O)N3CCC(=O)CC3)cc2)=N1. The molecule has 1 aromatic carbocycles. The number of rotatable bonds is 2. The number of ether oxygens (including phenoxy) is 1. The van der Waals surface area contributed by atoms with E-state index in [1.165, 1.54) is 0 Å². The highest BCUT2D eigenvalue weighted by Gasteiger charge is 2.27. The molecule has 0 spiro atoms. The molecule has 0 N–H and O–H groups in total. The third kappa shape index (κ3) is 3.03. The monoisotopic (exact) mass is 300 g/mol. The second-order valence-corrected chi connectivity index (χ2v) is 6.43. The van der Waals surface area contributed by atoms with Gasteiger partial charge in [-0.3, -0.25) is 9.59 Å². The summed E-state index contributed by atoms with van der Waals surface area (Å²) >= 11 is 0. The number of nitrogens with zero attached hydrogens (tertiary/aromatic N) is 2. The molecule has 0 aliphatic carbocycles. The molecule has 0 saturated carbocycles. The zero-order valence-corrected chi connectivity index (χ0v) is 13.0. The highest BCUT2D eigenvalue weighted by Crippen LogP contribution is 2.21. The van der Waals surface area contributed by atoms with Gasteiger partial charge in [0.1, 0.15) is 12.4 Å². The van der Waals surface area contributed by atoms with Gasteiger partial charge in [0.25, 0.3) is 5.91 Å². The van der Waals surface area contributed by atoms with Crippen LogP contribution in [0.25, 0.3) is 0 Å². The number of benzene rings is 1. The maximum Gasteiger partial charge on any atom is 0.253 e. The number of hydrogen-bond acceptors (Lipinski definition) is 4. The van der Waals surface area contributed by atoms with Gasteiger partial charge in [-0.25, -0.2) is 4.99 Å². The van der Waals surface area contributed by atoms with Crippen molar-refractivity contribution in [3.8, 4) is 0 Å². The lowest BCUT2D eigenvalue weighted by atomic mass is 10.1. The molecule has 3 rings (SSSR count). The molecule has 2 heterocycles. The minimum Gasteiger partial charge on any atom is -0.475 e. The Morgan fingerprint density at radius 1 is 1.18 bits per heavy atom. The zero-order chi connectivity index (χ0) is 15.7. The van der Waals surface area contributed by atoms with Crippen molar-refractivity contribution in [2.75, 3.05) is 19.7 Å². The van der Waals surface area contributed by atoms with Gasteiger partial charge >= 0.3 is 0 Å². The second-order valence-electron chi connectivity index (χ2n) is 6.43. The summed E-state index contributed by atoms with van der Waals surface area (Å²) in [6.07, 6.45) is 0.924. The van der Waals surface area contributed by atoms with E-state index in [9.17, 15) is 9.59 Å². The zero-order valence-electron chi connectivity index (χ0n) is 13.0. The van der Waals surface area contributed by atoms with Crippen molar-refractivity contribution in [1.82, 2.24) is 4.90 Å². The molecular weight excluding hydrogens is 280 g/mol. The smallest absolute Gasteiger partial charge is 0.253 e. The Kier molecular flexibility index (Phi) is 3.72. The summed E-state index contributed by atoms with van der Waals surface area (Å²) in [5.74, 6) is 0.847. The molecule has 5 nitrogen and oxygen atoms in total. The first-order valence-corrected chi connectivity index (χ1v) is 7.59. The van der Waals surface area contributed by atoms with Crippen molar-refractivity contribution in [3.05, 3.63) is 35.4 Å². The van der Waals surface area contributed by atoms with Gasteiger partial charge in [-0.05, 0) is 38.1 Å². The fourth-order valence-electron chi connectivity index (χ4n) is 2.63. The summed E-state index contributed by atoms with van der Waals surface area (Å²) in [5.41, 5.74) is 1.33. The van der Waals surface area contributed by atoms with Gasteiger partial charge < -0.3 is 9.64 Å². The quantitative estimate of drug-likeness (QED) is 0.840. The van der Waals surface area contributed by atoms with Crippen LogP contribution in [0.15, 0.2) is 29.3 Å². The Morgan fingerprint density at radius 2 is 1.82 bits per heavy atom. The van der Waals surface area contributed by atoms with Gasteiger partial charge in [-0.2, -0.15) is 0 Å². The number of ketones is 1. The van der Waals surface area contributed by atoms with Gasteiger partial charge in [0.05, 0.1) is 5.54 Å². The lowest BCUT2D eigenvalue weighted by Crippen LogP contribution is -2.38. The van der Waals surface area contributed by atoms with Crippen LogP contribution in [0.4, 0.5) is 0 Å². The maximum atomic E-state index is 12.4. The molecule has 1 amide bonds. The summed E-state index contributed by atoms with van der Waals surface area (Å²) in [6, 6.07) is 7.32. The lowest BCUT2D eigenvalue weighted by Gasteiger charge is -2.26. The average Bonchev–Trinajstić information content (AvgIpc) is 2.88. The lowest BCUT2D eigenvalue weighted by molar-refractivity contribution is -0.120. The first kappa shape index (κ1) is 14.8. The van der Waals surface area contributed by atoms with Crippen molar-refractivity contribution >= 4 is 17.6 Å². The molecule has 0 bridgehead atoms. The first-order valence-electron chi connectivity index (χ1n) is 7.59. The molecule has 0 unspecified atom stereocenters. The molecular formula is C17H20N2O3. The van der Waals surface area contributed by atoms with Crippen molar-refractivity contribution < 1.29 is 14.3 Å². The van der Waals surface area contributed by atoms with Crippen LogP contribution in [-0.4, -0.2) is 47.7 Å². The van der Waals surface area contributed by atoms with Crippen LogP contribution in [0.3, 0.4) is 0 Å². The van der Waals surface area contributed by atoms with Crippen molar-refractivity contribution in [1.29, 1.82) is 0 Å². The number of carbonyl (C=O) groups excluding carboxylic acids is 2. The van der Waals surface area contributed by atoms with Crippen LogP contribution >= 0.6 is 0 Å². The fourth-order valence-corrected chi connectivity index (χ4v) is 2.63. The Morgan fingerprint density at radius 3 is 2.36 bits per heavy atom. The highest BCUT2D eigenvalue weighted by atomic mass is 16.5. The van der Waals surface area contributed by atoms with E-state index in [4.69, 9.17) is 4.74 Å². The summed E-state index contributed by atoms with van der Waals surface area (Å²) in [7, 11) is 0. The largest absolute Gasteiger partial charge is 0.475 e. The predicted octanol–water partition coefficient (Wildman–Crippen LogP) is 2.05. The van der Waals surface area contributed by atoms with Crippen LogP contribution < -0.4 is 0 Å². The van der Waals surface area contributed by atoms with E-state index in [0.29, 0.717) is 44.0 Å². The Bertz CT molecular complexity index is 622. The molecule has 0 atom stereocenters. The molecule has 1 saturated heterocycles. The van der Waals surface area contributed by atoms with Gasteiger partial charge in [0.15, 0.2) is 0 Å². The van der Waals surface area contributed by atoms with Crippen molar-refractivity contribution in [3.63, 3.8) is 0 Å². The van der Waals surface area contributed by atoms with E-state index in [0.717, 1.165) is 5.56 Å². The van der Waals surface area contributed by atoms with Gasteiger partial charge in [0, 0.05) is 37.1 Å². The van der Waals surface area contributed by atoms with E-state index in [-0.39, 0.29) is 17.2 Å². The standard InChI is InChI=1S/C17H20N2O3/c1-17(2)11-22-15(18-17)12-3-5-13(6-4-12)16(21)19-9-7-14(20)8-10-19/h3-6H,7-11H2,1-2H3. The summed E-state index contributed by atoms with van der Waals surface area (Å²) in [4.78, 5) is 29.9.